The Balaban J connectivity index is 1.79. The van der Waals surface area contributed by atoms with Crippen molar-refractivity contribution < 1.29 is 19.4 Å². The van der Waals surface area contributed by atoms with E-state index in [1.165, 1.54) is 4.57 Å². The van der Waals surface area contributed by atoms with Gasteiger partial charge in [0, 0.05) is 33.2 Å². The number of benzene rings is 3. The van der Waals surface area contributed by atoms with Crippen molar-refractivity contribution in [3.05, 3.63) is 105 Å². The summed E-state index contributed by atoms with van der Waals surface area (Å²) < 4.78 is 7.31. The van der Waals surface area contributed by atoms with Gasteiger partial charge in [0.25, 0.3) is 5.91 Å². The van der Waals surface area contributed by atoms with E-state index in [1.54, 1.807) is 43.9 Å². The van der Waals surface area contributed by atoms with Crippen LogP contribution in [0.2, 0.25) is 10.0 Å². The molecule has 1 aromatic heterocycles. The number of hydrogen-bond donors (Lipinski definition) is 1. The second kappa shape index (κ2) is 10.9. The standard InChI is InChI=1S/C32H32Cl2N2O4/c1-19(20-11-6-5-7-12-20)35-18-17-22-21-13-8-9-16-25(21)36(31(39)40-32(2,3)4)28(22)27(29(37)30(35)38)26-23(33)14-10-15-24(26)34/h5-16,19,27,29,37H,17-18H2,1-4H3/t19-,27+,29-/m0/s1. The van der Waals surface area contributed by atoms with Gasteiger partial charge in [-0.05, 0) is 63.4 Å². The number of para-hydroxylation sites is 1. The molecule has 40 heavy (non-hydrogen) atoms. The van der Waals surface area contributed by atoms with E-state index in [0.717, 1.165) is 16.5 Å². The monoisotopic (exact) mass is 578 g/mol. The number of carbonyl (C=O) groups is 2. The summed E-state index contributed by atoms with van der Waals surface area (Å²) in [5.41, 5.74) is 2.48. The van der Waals surface area contributed by atoms with Crippen molar-refractivity contribution in [3.8, 4) is 0 Å². The first kappa shape index (κ1) is 28.2. The number of fused-ring (bicyclic) bond motifs is 3. The number of amides is 1. The highest BCUT2D eigenvalue weighted by Crippen LogP contribution is 2.44. The maximum absolute atomic E-state index is 14.1. The molecule has 208 valence electrons. The molecule has 1 N–H and O–H groups in total. The molecular formula is C32H32Cl2N2O4. The van der Waals surface area contributed by atoms with E-state index in [0.29, 0.717) is 39.8 Å². The van der Waals surface area contributed by atoms with Crippen molar-refractivity contribution in [3.63, 3.8) is 0 Å². The minimum absolute atomic E-state index is 0.291. The van der Waals surface area contributed by atoms with Crippen molar-refractivity contribution >= 4 is 46.1 Å². The van der Waals surface area contributed by atoms with Crippen molar-refractivity contribution in [1.29, 1.82) is 0 Å². The van der Waals surface area contributed by atoms with Crippen LogP contribution in [0, 0.1) is 0 Å². The lowest BCUT2D eigenvalue weighted by atomic mass is 9.84. The Bertz CT molecular complexity index is 1560. The van der Waals surface area contributed by atoms with Crippen molar-refractivity contribution in [1.82, 2.24) is 9.47 Å². The Labute approximate surface area is 244 Å². The van der Waals surface area contributed by atoms with E-state index in [2.05, 4.69) is 0 Å². The van der Waals surface area contributed by atoms with Crippen LogP contribution >= 0.6 is 23.2 Å². The van der Waals surface area contributed by atoms with E-state index in [4.69, 9.17) is 27.9 Å². The second-order valence-electron chi connectivity index (χ2n) is 11.1. The SMILES string of the molecule is C[C@@H](c1ccccc1)N1CCc2c(n(C(=O)OC(C)(C)C)c3ccccc23)[C@@H](c2c(Cl)cccc2Cl)[C@H](O)C1=O. The van der Waals surface area contributed by atoms with E-state index >= 15 is 0 Å². The summed E-state index contributed by atoms with van der Waals surface area (Å²) in [6, 6.07) is 22.0. The Morgan fingerprint density at radius 3 is 2.25 bits per heavy atom. The van der Waals surface area contributed by atoms with Crippen LogP contribution in [0.5, 0.6) is 0 Å². The summed E-state index contributed by atoms with van der Waals surface area (Å²) in [6.45, 7) is 7.67. The van der Waals surface area contributed by atoms with Crippen molar-refractivity contribution in [2.75, 3.05) is 6.54 Å². The molecule has 0 unspecified atom stereocenters. The van der Waals surface area contributed by atoms with Crippen LogP contribution in [0.25, 0.3) is 10.9 Å². The predicted molar refractivity (Wildman–Crippen MR) is 158 cm³/mol. The molecular weight excluding hydrogens is 547 g/mol. The number of aliphatic hydroxyl groups is 1. The zero-order valence-corrected chi connectivity index (χ0v) is 24.4. The average Bonchev–Trinajstić information content (AvgIpc) is 3.23. The number of aromatic nitrogens is 1. The maximum Gasteiger partial charge on any atom is 0.419 e. The van der Waals surface area contributed by atoms with Crippen LogP contribution in [0.1, 0.15) is 62.0 Å². The molecule has 3 aromatic carbocycles. The number of nitrogens with zero attached hydrogens (tertiary/aromatic N) is 2. The molecule has 1 amide bonds. The number of rotatable bonds is 3. The van der Waals surface area contributed by atoms with Gasteiger partial charge in [-0.2, -0.15) is 0 Å². The molecule has 8 heteroatoms. The molecule has 5 rings (SSSR count). The van der Waals surface area contributed by atoms with Gasteiger partial charge in [-0.25, -0.2) is 9.36 Å². The topological polar surface area (TPSA) is 71.8 Å². The number of aliphatic hydroxyl groups excluding tert-OH is 1. The highest BCUT2D eigenvalue weighted by Gasteiger charge is 2.43. The van der Waals surface area contributed by atoms with Gasteiger partial charge in [0.15, 0.2) is 0 Å². The fraction of sp³-hybridized carbons (Fsp3) is 0.312. The van der Waals surface area contributed by atoms with Crippen molar-refractivity contribution in [2.24, 2.45) is 0 Å². The molecule has 2 heterocycles. The summed E-state index contributed by atoms with van der Waals surface area (Å²) in [5.74, 6) is -1.50. The number of ether oxygens (including phenoxy) is 1. The summed E-state index contributed by atoms with van der Waals surface area (Å²) in [5, 5.41) is 13.4. The third-order valence-electron chi connectivity index (χ3n) is 7.41. The maximum atomic E-state index is 14.1. The first-order valence-electron chi connectivity index (χ1n) is 13.3. The Kier molecular flexibility index (Phi) is 7.71. The first-order valence-corrected chi connectivity index (χ1v) is 14.1. The van der Waals surface area contributed by atoms with E-state index in [9.17, 15) is 14.7 Å². The number of carbonyl (C=O) groups excluding carboxylic acids is 2. The zero-order valence-electron chi connectivity index (χ0n) is 22.9. The summed E-state index contributed by atoms with van der Waals surface area (Å²) in [4.78, 5) is 29.6. The van der Waals surface area contributed by atoms with Crippen LogP contribution in [0.4, 0.5) is 4.79 Å². The van der Waals surface area contributed by atoms with Crippen LogP contribution in [-0.4, -0.2) is 44.8 Å². The normalized spacial score (nSPS) is 18.7. The van der Waals surface area contributed by atoms with Gasteiger partial charge in [0.2, 0.25) is 0 Å². The number of hydrogen-bond acceptors (Lipinski definition) is 4. The number of halogens is 2. The molecule has 0 spiro atoms. The lowest BCUT2D eigenvalue weighted by Gasteiger charge is -2.37. The van der Waals surface area contributed by atoms with Crippen LogP contribution in [0.15, 0.2) is 72.8 Å². The molecule has 0 fully saturated rings. The minimum atomic E-state index is -1.58. The zero-order chi connectivity index (χ0) is 28.8. The average molecular weight is 580 g/mol. The lowest BCUT2D eigenvalue weighted by Crippen LogP contribution is -2.46. The Morgan fingerprint density at radius 2 is 1.60 bits per heavy atom. The molecule has 0 aliphatic carbocycles. The van der Waals surface area contributed by atoms with E-state index in [1.807, 2.05) is 61.5 Å². The Hall–Kier alpha value is -3.32. The van der Waals surface area contributed by atoms with Gasteiger partial charge in [-0.3, -0.25) is 4.79 Å². The van der Waals surface area contributed by atoms with Gasteiger partial charge in [-0.1, -0.05) is 77.8 Å². The molecule has 0 radical (unpaired) electrons. The molecule has 1 aliphatic rings. The molecule has 0 saturated heterocycles. The fourth-order valence-corrected chi connectivity index (χ4v) is 6.26. The summed E-state index contributed by atoms with van der Waals surface area (Å²) in [7, 11) is 0. The van der Waals surface area contributed by atoms with Gasteiger partial charge < -0.3 is 14.7 Å². The molecule has 4 aromatic rings. The van der Waals surface area contributed by atoms with Gasteiger partial charge in [0.1, 0.15) is 11.7 Å². The fourth-order valence-electron chi connectivity index (χ4n) is 5.62. The second-order valence-corrected chi connectivity index (χ2v) is 11.9. The van der Waals surface area contributed by atoms with Gasteiger partial charge >= 0.3 is 6.09 Å². The quantitative estimate of drug-likeness (QED) is 0.275. The summed E-state index contributed by atoms with van der Waals surface area (Å²) >= 11 is 13.4. The van der Waals surface area contributed by atoms with Crippen LogP contribution in [0.3, 0.4) is 0 Å². The third kappa shape index (κ3) is 5.12. The molecule has 0 saturated carbocycles. The first-order chi connectivity index (χ1) is 19.0. The van der Waals surface area contributed by atoms with Crippen molar-refractivity contribution in [2.45, 2.75) is 57.8 Å². The highest BCUT2D eigenvalue weighted by atomic mass is 35.5. The highest BCUT2D eigenvalue weighted by molar-refractivity contribution is 6.36. The lowest BCUT2D eigenvalue weighted by molar-refractivity contribution is -0.143. The summed E-state index contributed by atoms with van der Waals surface area (Å²) in [6.07, 6.45) is -1.74. The predicted octanol–water partition coefficient (Wildman–Crippen LogP) is 7.37. The van der Waals surface area contributed by atoms with Crippen LogP contribution < -0.4 is 0 Å². The minimum Gasteiger partial charge on any atom is -0.443 e. The molecule has 1 aliphatic heterocycles. The third-order valence-corrected chi connectivity index (χ3v) is 8.06. The largest absolute Gasteiger partial charge is 0.443 e. The Morgan fingerprint density at radius 1 is 0.975 bits per heavy atom. The smallest absolute Gasteiger partial charge is 0.419 e. The van der Waals surface area contributed by atoms with Gasteiger partial charge in [0.05, 0.1) is 17.5 Å². The molecule has 3 atom stereocenters. The molecule has 0 bridgehead atoms. The van der Waals surface area contributed by atoms with E-state index < -0.39 is 29.6 Å². The molecule has 6 nitrogen and oxygen atoms in total. The van der Waals surface area contributed by atoms with Crippen LogP contribution in [-0.2, 0) is 16.0 Å². The van der Waals surface area contributed by atoms with Gasteiger partial charge in [-0.15, -0.1) is 0 Å². The van der Waals surface area contributed by atoms with E-state index in [-0.39, 0.29) is 6.04 Å².